The van der Waals surface area contributed by atoms with Crippen LogP contribution >= 0.6 is 0 Å². The van der Waals surface area contributed by atoms with Crippen molar-refractivity contribution < 1.29 is 9.53 Å². The molecular weight excluding hydrogens is 230 g/mol. The third-order valence-corrected chi connectivity index (χ3v) is 2.61. The molecule has 2 rings (SSSR count). The molecule has 1 aromatic carbocycles. The molecule has 1 amide bonds. The minimum Gasteiger partial charge on any atom is -0.442 e. The SMILES string of the molecule is CC(C)(C)OC(=O)N1CC(N)c2ccccc2N1. The summed E-state index contributed by atoms with van der Waals surface area (Å²) >= 11 is 0. The zero-order valence-corrected chi connectivity index (χ0v) is 10.9. The summed E-state index contributed by atoms with van der Waals surface area (Å²) in [6.45, 7) is 5.90. The second kappa shape index (κ2) is 4.49. The molecule has 0 saturated heterocycles. The maximum Gasteiger partial charge on any atom is 0.429 e. The number of nitrogens with one attached hydrogen (secondary N) is 1. The summed E-state index contributed by atoms with van der Waals surface area (Å²) in [4.78, 5) is 12.0. The minimum atomic E-state index is -0.514. The molecule has 1 aromatic rings. The van der Waals surface area contributed by atoms with Crippen LogP contribution in [0.2, 0.25) is 0 Å². The first-order valence-electron chi connectivity index (χ1n) is 5.98. The van der Waals surface area contributed by atoms with E-state index in [1.165, 1.54) is 5.01 Å². The number of rotatable bonds is 0. The van der Waals surface area contributed by atoms with Crippen molar-refractivity contribution in [1.82, 2.24) is 5.01 Å². The molecular formula is C13H19N3O2. The summed E-state index contributed by atoms with van der Waals surface area (Å²) in [6, 6.07) is 7.49. The second-order valence-electron chi connectivity index (χ2n) is 5.40. The number of hydrogen-bond acceptors (Lipinski definition) is 4. The maximum absolute atomic E-state index is 12.0. The zero-order valence-electron chi connectivity index (χ0n) is 10.9. The maximum atomic E-state index is 12.0. The van der Waals surface area contributed by atoms with Gasteiger partial charge in [0.05, 0.1) is 18.3 Å². The van der Waals surface area contributed by atoms with Gasteiger partial charge in [0.25, 0.3) is 0 Å². The number of para-hydroxylation sites is 1. The number of fused-ring (bicyclic) bond motifs is 1. The third kappa shape index (κ3) is 2.73. The Balaban J connectivity index is 2.13. The summed E-state index contributed by atoms with van der Waals surface area (Å²) < 4.78 is 5.31. The smallest absolute Gasteiger partial charge is 0.429 e. The fourth-order valence-electron chi connectivity index (χ4n) is 1.85. The standard InChI is InChI=1S/C13H19N3O2/c1-13(2,3)18-12(17)16-8-10(14)9-6-4-5-7-11(9)15-16/h4-7,10,15H,8,14H2,1-3H3. The molecule has 1 aliphatic heterocycles. The van der Waals surface area contributed by atoms with E-state index in [0.29, 0.717) is 6.54 Å². The monoisotopic (exact) mass is 249 g/mol. The summed E-state index contributed by atoms with van der Waals surface area (Å²) in [6.07, 6.45) is -0.410. The fourth-order valence-corrected chi connectivity index (χ4v) is 1.85. The van der Waals surface area contributed by atoms with Gasteiger partial charge in [0.15, 0.2) is 0 Å². The molecule has 0 bridgehead atoms. The molecule has 0 saturated carbocycles. The van der Waals surface area contributed by atoms with Gasteiger partial charge in [0.1, 0.15) is 5.60 Å². The summed E-state index contributed by atoms with van der Waals surface area (Å²) in [5, 5.41) is 1.41. The molecule has 0 aliphatic carbocycles. The Morgan fingerprint density at radius 3 is 2.78 bits per heavy atom. The van der Waals surface area contributed by atoms with Crippen LogP contribution in [0.15, 0.2) is 24.3 Å². The minimum absolute atomic E-state index is 0.199. The lowest BCUT2D eigenvalue weighted by molar-refractivity contribution is 0.0279. The highest BCUT2D eigenvalue weighted by atomic mass is 16.6. The fraction of sp³-hybridized carbons (Fsp3) is 0.462. The predicted octanol–water partition coefficient (Wildman–Crippen LogP) is 2.26. The lowest BCUT2D eigenvalue weighted by Crippen LogP contribution is -2.47. The summed E-state index contributed by atoms with van der Waals surface area (Å²) in [7, 11) is 0. The summed E-state index contributed by atoms with van der Waals surface area (Å²) in [5.41, 5.74) is 10.4. The number of hydrazine groups is 1. The number of hydrogen-bond donors (Lipinski definition) is 2. The van der Waals surface area contributed by atoms with Crippen LogP contribution in [0, 0.1) is 0 Å². The van der Waals surface area contributed by atoms with Gasteiger partial charge in [-0.3, -0.25) is 5.43 Å². The Morgan fingerprint density at radius 2 is 2.11 bits per heavy atom. The number of carbonyl (C=O) groups excluding carboxylic acids is 1. The van der Waals surface area contributed by atoms with E-state index in [1.807, 2.05) is 45.0 Å². The van der Waals surface area contributed by atoms with Crippen molar-refractivity contribution in [3.8, 4) is 0 Å². The first-order chi connectivity index (χ1) is 8.37. The van der Waals surface area contributed by atoms with Crippen LogP contribution in [0.3, 0.4) is 0 Å². The van der Waals surface area contributed by atoms with Gasteiger partial charge in [-0.25, -0.2) is 9.80 Å². The van der Waals surface area contributed by atoms with Crippen molar-refractivity contribution in [2.45, 2.75) is 32.4 Å². The number of nitrogens with two attached hydrogens (primary N) is 1. The topological polar surface area (TPSA) is 67.6 Å². The molecule has 98 valence electrons. The number of nitrogens with zero attached hydrogens (tertiary/aromatic N) is 1. The molecule has 3 N–H and O–H groups in total. The molecule has 18 heavy (non-hydrogen) atoms. The Hall–Kier alpha value is -1.75. The molecule has 0 fully saturated rings. The van der Waals surface area contributed by atoms with Crippen molar-refractivity contribution in [3.05, 3.63) is 29.8 Å². The van der Waals surface area contributed by atoms with Gasteiger partial charge < -0.3 is 10.5 Å². The van der Waals surface area contributed by atoms with Crippen LogP contribution in [0.25, 0.3) is 0 Å². The Morgan fingerprint density at radius 1 is 1.44 bits per heavy atom. The van der Waals surface area contributed by atoms with Crippen LogP contribution in [0.5, 0.6) is 0 Å². The number of ether oxygens (including phenoxy) is 1. The Bertz CT molecular complexity index is 454. The lowest BCUT2D eigenvalue weighted by atomic mass is 10.0. The molecule has 5 heteroatoms. The quantitative estimate of drug-likeness (QED) is 0.740. The van der Waals surface area contributed by atoms with Crippen molar-refractivity contribution >= 4 is 11.8 Å². The van der Waals surface area contributed by atoms with Crippen LogP contribution in [0.4, 0.5) is 10.5 Å². The molecule has 1 aliphatic rings. The van der Waals surface area contributed by atoms with Gasteiger partial charge in [0, 0.05) is 0 Å². The van der Waals surface area contributed by atoms with Gasteiger partial charge in [-0.15, -0.1) is 0 Å². The zero-order chi connectivity index (χ0) is 13.3. The van der Waals surface area contributed by atoms with Crippen molar-refractivity contribution in [2.75, 3.05) is 12.0 Å². The van der Waals surface area contributed by atoms with E-state index in [4.69, 9.17) is 10.5 Å². The largest absolute Gasteiger partial charge is 0.442 e. The van der Waals surface area contributed by atoms with E-state index < -0.39 is 11.7 Å². The van der Waals surface area contributed by atoms with Crippen LogP contribution in [-0.4, -0.2) is 23.2 Å². The first kappa shape index (κ1) is 12.7. The van der Waals surface area contributed by atoms with Crippen LogP contribution < -0.4 is 11.2 Å². The first-order valence-corrected chi connectivity index (χ1v) is 5.98. The van der Waals surface area contributed by atoms with Crippen molar-refractivity contribution in [1.29, 1.82) is 0 Å². The highest BCUT2D eigenvalue weighted by molar-refractivity contribution is 5.72. The van der Waals surface area contributed by atoms with Gasteiger partial charge in [-0.05, 0) is 32.4 Å². The van der Waals surface area contributed by atoms with E-state index in [9.17, 15) is 4.79 Å². The average molecular weight is 249 g/mol. The molecule has 1 heterocycles. The molecule has 1 atom stereocenters. The van der Waals surface area contributed by atoms with Crippen LogP contribution in [0.1, 0.15) is 32.4 Å². The normalized spacial score (nSPS) is 18.9. The van der Waals surface area contributed by atoms with E-state index in [2.05, 4.69) is 5.43 Å². The van der Waals surface area contributed by atoms with Gasteiger partial charge >= 0.3 is 6.09 Å². The third-order valence-electron chi connectivity index (χ3n) is 2.61. The summed E-state index contributed by atoms with van der Waals surface area (Å²) in [5.74, 6) is 0. The van der Waals surface area contributed by atoms with E-state index >= 15 is 0 Å². The van der Waals surface area contributed by atoms with E-state index in [0.717, 1.165) is 11.3 Å². The Kier molecular flexibility index (Phi) is 3.17. The number of anilines is 1. The van der Waals surface area contributed by atoms with Gasteiger partial charge in [-0.1, -0.05) is 18.2 Å². The molecule has 0 spiro atoms. The van der Waals surface area contributed by atoms with E-state index in [-0.39, 0.29) is 6.04 Å². The Labute approximate surface area is 107 Å². The van der Waals surface area contributed by atoms with Crippen LogP contribution in [-0.2, 0) is 4.74 Å². The lowest BCUT2D eigenvalue weighted by Gasteiger charge is -2.34. The van der Waals surface area contributed by atoms with Crippen molar-refractivity contribution in [2.24, 2.45) is 5.73 Å². The molecule has 0 aromatic heterocycles. The van der Waals surface area contributed by atoms with Crippen molar-refractivity contribution in [3.63, 3.8) is 0 Å². The molecule has 5 nitrogen and oxygen atoms in total. The number of benzene rings is 1. The highest BCUT2D eigenvalue weighted by Gasteiger charge is 2.28. The predicted molar refractivity (Wildman–Crippen MR) is 69.9 cm³/mol. The highest BCUT2D eigenvalue weighted by Crippen LogP contribution is 2.27. The molecule has 1 unspecified atom stereocenters. The van der Waals surface area contributed by atoms with Gasteiger partial charge in [0.2, 0.25) is 0 Å². The van der Waals surface area contributed by atoms with Gasteiger partial charge in [-0.2, -0.15) is 0 Å². The number of carbonyl (C=O) groups is 1. The number of amides is 1. The average Bonchev–Trinajstić information content (AvgIpc) is 2.26. The molecule has 0 radical (unpaired) electrons. The van der Waals surface area contributed by atoms with E-state index in [1.54, 1.807) is 0 Å². The second-order valence-corrected chi connectivity index (χ2v) is 5.40.